The van der Waals surface area contributed by atoms with Crippen molar-refractivity contribution in [1.82, 2.24) is 4.98 Å². The van der Waals surface area contributed by atoms with E-state index < -0.39 is 0 Å². The van der Waals surface area contributed by atoms with Crippen LogP contribution in [0.5, 0.6) is 0 Å². The summed E-state index contributed by atoms with van der Waals surface area (Å²) in [4.78, 5) is 8.76. The highest BCUT2D eigenvalue weighted by Crippen LogP contribution is 2.40. The maximum atomic E-state index is 5.06. The lowest BCUT2D eigenvalue weighted by Crippen LogP contribution is -2.17. The van der Waals surface area contributed by atoms with Crippen LogP contribution in [0.4, 0.5) is 5.69 Å². The molecule has 2 nitrogen and oxygen atoms in total. The standard InChI is InChI=1S/C25H22N2S/c1-3-9-19(10-4-1)23-24(20-11-5-2-6-12-20)28-25(26-23)21-13-15-22(16-14-21)27-17-7-8-18-27/h1-6,9-16H,7-8,17-18H2. The molecule has 1 aliphatic heterocycles. The van der Waals surface area contributed by atoms with Crippen molar-refractivity contribution in [3.05, 3.63) is 84.9 Å². The van der Waals surface area contributed by atoms with Gasteiger partial charge in [0.15, 0.2) is 0 Å². The maximum absolute atomic E-state index is 5.06. The number of nitrogens with zero attached hydrogens (tertiary/aromatic N) is 2. The van der Waals surface area contributed by atoms with Gasteiger partial charge in [-0.3, -0.25) is 0 Å². The Balaban J connectivity index is 1.56. The fourth-order valence-electron chi connectivity index (χ4n) is 3.81. The van der Waals surface area contributed by atoms with Crippen molar-refractivity contribution < 1.29 is 0 Å². The third-order valence-electron chi connectivity index (χ3n) is 5.30. The van der Waals surface area contributed by atoms with Crippen LogP contribution in [0.25, 0.3) is 32.3 Å². The number of hydrogen-bond donors (Lipinski definition) is 0. The van der Waals surface area contributed by atoms with Gasteiger partial charge >= 0.3 is 0 Å². The molecule has 0 aliphatic carbocycles. The Hall–Kier alpha value is -2.91. The molecule has 4 aromatic rings. The van der Waals surface area contributed by atoms with Gasteiger partial charge < -0.3 is 4.90 Å². The third-order valence-corrected chi connectivity index (χ3v) is 6.45. The SMILES string of the molecule is c1ccc(-c2nc(-c3ccc(N4CCCC4)cc3)sc2-c2ccccc2)cc1. The molecule has 0 bridgehead atoms. The van der Waals surface area contributed by atoms with Gasteiger partial charge in [-0.25, -0.2) is 4.98 Å². The van der Waals surface area contributed by atoms with Crippen LogP contribution in [-0.4, -0.2) is 18.1 Å². The van der Waals surface area contributed by atoms with Crippen LogP contribution in [-0.2, 0) is 0 Å². The predicted molar refractivity (Wildman–Crippen MR) is 120 cm³/mol. The summed E-state index contributed by atoms with van der Waals surface area (Å²) in [6.07, 6.45) is 2.60. The molecule has 1 aliphatic rings. The minimum atomic E-state index is 1.07. The molecule has 0 spiro atoms. The summed E-state index contributed by atoms with van der Waals surface area (Å²) >= 11 is 1.77. The molecule has 28 heavy (non-hydrogen) atoms. The lowest BCUT2D eigenvalue weighted by molar-refractivity contribution is 0.949. The highest BCUT2D eigenvalue weighted by Gasteiger charge is 2.17. The molecular weight excluding hydrogens is 360 g/mol. The van der Waals surface area contributed by atoms with Crippen LogP contribution in [0.2, 0.25) is 0 Å². The molecule has 0 radical (unpaired) electrons. The first-order chi connectivity index (χ1) is 13.9. The lowest BCUT2D eigenvalue weighted by atomic mass is 10.1. The van der Waals surface area contributed by atoms with Gasteiger partial charge in [-0.15, -0.1) is 11.3 Å². The summed E-state index contributed by atoms with van der Waals surface area (Å²) in [5.41, 5.74) is 5.96. The van der Waals surface area contributed by atoms with E-state index in [9.17, 15) is 0 Å². The fourth-order valence-corrected chi connectivity index (χ4v) is 4.91. The van der Waals surface area contributed by atoms with Gasteiger partial charge in [0.1, 0.15) is 5.01 Å². The van der Waals surface area contributed by atoms with Crippen molar-refractivity contribution >= 4 is 17.0 Å². The molecule has 3 aromatic carbocycles. The first-order valence-electron chi connectivity index (χ1n) is 9.85. The normalized spacial score (nSPS) is 13.8. The van der Waals surface area contributed by atoms with Crippen LogP contribution in [0, 0.1) is 0 Å². The molecule has 0 amide bonds. The summed E-state index contributed by atoms with van der Waals surface area (Å²) in [5, 5.41) is 1.07. The number of hydrogen-bond acceptors (Lipinski definition) is 3. The number of benzene rings is 3. The Labute approximate surface area is 170 Å². The summed E-state index contributed by atoms with van der Waals surface area (Å²) in [7, 11) is 0. The minimum absolute atomic E-state index is 1.07. The van der Waals surface area contributed by atoms with E-state index in [2.05, 4.69) is 89.8 Å². The second-order valence-electron chi connectivity index (χ2n) is 7.17. The second-order valence-corrected chi connectivity index (χ2v) is 8.17. The van der Waals surface area contributed by atoms with Crippen molar-refractivity contribution in [1.29, 1.82) is 0 Å². The molecule has 0 unspecified atom stereocenters. The van der Waals surface area contributed by atoms with Gasteiger partial charge in [-0.2, -0.15) is 0 Å². The van der Waals surface area contributed by atoms with E-state index in [1.54, 1.807) is 11.3 Å². The van der Waals surface area contributed by atoms with Crippen molar-refractivity contribution in [2.45, 2.75) is 12.8 Å². The third kappa shape index (κ3) is 3.34. The number of anilines is 1. The average molecular weight is 383 g/mol. The van der Waals surface area contributed by atoms with E-state index in [0.29, 0.717) is 0 Å². The summed E-state index contributed by atoms with van der Waals surface area (Å²) in [6.45, 7) is 2.35. The quantitative estimate of drug-likeness (QED) is 0.388. The van der Waals surface area contributed by atoms with Crippen LogP contribution in [0.3, 0.4) is 0 Å². The highest BCUT2D eigenvalue weighted by atomic mass is 32.1. The van der Waals surface area contributed by atoms with Gasteiger partial charge in [0.05, 0.1) is 10.6 Å². The summed E-state index contributed by atoms with van der Waals surface area (Å²) in [5.74, 6) is 0. The van der Waals surface area contributed by atoms with E-state index >= 15 is 0 Å². The molecule has 1 aromatic heterocycles. The largest absolute Gasteiger partial charge is 0.372 e. The van der Waals surface area contributed by atoms with Crippen LogP contribution >= 0.6 is 11.3 Å². The first kappa shape index (κ1) is 17.2. The van der Waals surface area contributed by atoms with Gasteiger partial charge in [-0.05, 0) is 42.7 Å². The Morgan fingerprint density at radius 3 is 1.89 bits per heavy atom. The molecular formula is C25H22N2S. The molecule has 1 saturated heterocycles. The van der Waals surface area contributed by atoms with Gasteiger partial charge in [-0.1, -0.05) is 60.7 Å². The van der Waals surface area contributed by atoms with Crippen LogP contribution in [0.15, 0.2) is 84.9 Å². The first-order valence-corrected chi connectivity index (χ1v) is 10.7. The molecule has 2 heterocycles. The van der Waals surface area contributed by atoms with Gasteiger partial charge in [0, 0.05) is 29.9 Å². The number of rotatable bonds is 4. The average Bonchev–Trinajstić information content (AvgIpc) is 3.46. The lowest BCUT2D eigenvalue weighted by Gasteiger charge is -2.17. The molecule has 0 atom stereocenters. The van der Waals surface area contributed by atoms with Crippen LogP contribution < -0.4 is 4.90 Å². The highest BCUT2D eigenvalue weighted by molar-refractivity contribution is 7.19. The maximum Gasteiger partial charge on any atom is 0.124 e. The molecule has 1 fully saturated rings. The zero-order valence-electron chi connectivity index (χ0n) is 15.7. The van der Waals surface area contributed by atoms with Crippen LogP contribution in [0.1, 0.15) is 12.8 Å². The Kier molecular flexibility index (Phi) is 4.67. The Morgan fingerprint density at radius 1 is 0.643 bits per heavy atom. The molecule has 5 rings (SSSR count). The van der Waals surface area contributed by atoms with Crippen molar-refractivity contribution in [2.75, 3.05) is 18.0 Å². The van der Waals surface area contributed by atoms with Crippen molar-refractivity contribution in [3.63, 3.8) is 0 Å². The van der Waals surface area contributed by atoms with E-state index in [1.165, 1.54) is 47.6 Å². The molecule has 0 N–H and O–H groups in total. The predicted octanol–water partition coefficient (Wildman–Crippen LogP) is 6.74. The molecule has 138 valence electrons. The van der Waals surface area contributed by atoms with Gasteiger partial charge in [0.25, 0.3) is 0 Å². The van der Waals surface area contributed by atoms with Crippen molar-refractivity contribution in [3.8, 4) is 32.3 Å². The summed E-state index contributed by atoms with van der Waals surface area (Å²) < 4.78 is 0. The van der Waals surface area contributed by atoms with E-state index in [1.807, 2.05) is 0 Å². The topological polar surface area (TPSA) is 16.1 Å². The Morgan fingerprint density at radius 2 is 1.25 bits per heavy atom. The number of thiazole rings is 1. The van der Waals surface area contributed by atoms with E-state index in [4.69, 9.17) is 4.98 Å². The zero-order valence-corrected chi connectivity index (χ0v) is 16.5. The smallest absolute Gasteiger partial charge is 0.124 e. The van der Waals surface area contributed by atoms with Crippen molar-refractivity contribution in [2.24, 2.45) is 0 Å². The van der Waals surface area contributed by atoms with Gasteiger partial charge in [0.2, 0.25) is 0 Å². The Bertz CT molecular complexity index is 990. The molecule has 0 saturated carbocycles. The fraction of sp³-hybridized carbons (Fsp3) is 0.160. The second kappa shape index (κ2) is 7.61. The monoisotopic (exact) mass is 382 g/mol. The van der Waals surface area contributed by atoms with E-state index in [-0.39, 0.29) is 0 Å². The zero-order chi connectivity index (χ0) is 18.8. The number of aromatic nitrogens is 1. The molecule has 3 heteroatoms. The minimum Gasteiger partial charge on any atom is -0.372 e. The van der Waals surface area contributed by atoms with E-state index in [0.717, 1.165) is 16.3 Å². The summed E-state index contributed by atoms with van der Waals surface area (Å²) in [6, 6.07) is 30.0.